The summed E-state index contributed by atoms with van der Waals surface area (Å²) in [6.45, 7) is -0.817. The number of ether oxygens (including phenoxy) is 2. The van der Waals surface area contributed by atoms with Crippen molar-refractivity contribution in [3.05, 3.63) is 0 Å². The highest BCUT2D eigenvalue weighted by atomic mass is 16.7. The maximum atomic E-state index is 10.3. The predicted molar refractivity (Wildman–Crippen MR) is 38.0 cm³/mol. The molecular formula is C6H10O7. The number of hydrogen-bond acceptors (Lipinski definition) is 5. The second-order valence-corrected chi connectivity index (χ2v) is 2.05. The van der Waals surface area contributed by atoms with E-state index in [0.29, 0.717) is 0 Å². The molecule has 0 saturated heterocycles. The molecule has 0 aliphatic rings. The van der Waals surface area contributed by atoms with Gasteiger partial charge in [-0.25, -0.2) is 9.59 Å². The number of hydrogen-bond donors (Lipinski definition) is 3. The highest BCUT2D eigenvalue weighted by molar-refractivity contribution is 5.74. The molecule has 0 spiro atoms. The summed E-state index contributed by atoms with van der Waals surface area (Å²) in [7, 11) is 1.05. The van der Waals surface area contributed by atoms with Gasteiger partial charge in [0.25, 0.3) is 6.29 Å². The molecule has 7 heteroatoms. The SMILES string of the molecule is CO[C@@H](O[C@H](CO)C(=O)O)C(=O)O. The van der Waals surface area contributed by atoms with Gasteiger partial charge in [-0.15, -0.1) is 0 Å². The molecular weight excluding hydrogens is 184 g/mol. The Morgan fingerprint density at radius 1 is 1.31 bits per heavy atom. The van der Waals surface area contributed by atoms with E-state index in [1.165, 1.54) is 0 Å². The summed E-state index contributed by atoms with van der Waals surface area (Å²) in [5, 5.41) is 25.2. The van der Waals surface area contributed by atoms with Crippen LogP contribution in [0.15, 0.2) is 0 Å². The molecule has 0 aliphatic carbocycles. The number of carboxylic acids is 2. The van der Waals surface area contributed by atoms with Crippen molar-refractivity contribution in [3.63, 3.8) is 0 Å². The molecule has 0 rings (SSSR count). The summed E-state index contributed by atoms with van der Waals surface area (Å²) < 4.78 is 8.70. The fourth-order valence-electron chi connectivity index (χ4n) is 0.543. The highest BCUT2D eigenvalue weighted by Crippen LogP contribution is 2.00. The Morgan fingerprint density at radius 2 is 1.85 bits per heavy atom. The summed E-state index contributed by atoms with van der Waals surface area (Å²) in [4.78, 5) is 20.6. The number of aliphatic carboxylic acids is 2. The second kappa shape index (κ2) is 5.46. The van der Waals surface area contributed by atoms with E-state index < -0.39 is 30.9 Å². The Hall–Kier alpha value is -1.18. The van der Waals surface area contributed by atoms with Crippen LogP contribution in [0.5, 0.6) is 0 Å². The topological polar surface area (TPSA) is 113 Å². The molecule has 0 aromatic carbocycles. The first-order valence-corrected chi connectivity index (χ1v) is 3.27. The second-order valence-electron chi connectivity index (χ2n) is 2.05. The van der Waals surface area contributed by atoms with Crippen molar-refractivity contribution in [2.24, 2.45) is 0 Å². The number of rotatable bonds is 6. The molecule has 7 nitrogen and oxygen atoms in total. The highest BCUT2D eigenvalue weighted by Gasteiger charge is 2.26. The molecule has 13 heavy (non-hydrogen) atoms. The van der Waals surface area contributed by atoms with E-state index in [0.717, 1.165) is 7.11 Å². The van der Waals surface area contributed by atoms with Crippen molar-refractivity contribution in [2.75, 3.05) is 13.7 Å². The Kier molecular flexibility index (Phi) is 4.97. The van der Waals surface area contributed by atoms with Gasteiger partial charge in [-0.1, -0.05) is 0 Å². The van der Waals surface area contributed by atoms with Crippen molar-refractivity contribution < 1.29 is 34.4 Å². The Morgan fingerprint density at radius 3 is 2.08 bits per heavy atom. The number of aliphatic hydroxyl groups is 1. The van der Waals surface area contributed by atoms with E-state index in [9.17, 15) is 9.59 Å². The molecule has 76 valence electrons. The van der Waals surface area contributed by atoms with Crippen molar-refractivity contribution in [1.29, 1.82) is 0 Å². The lowest BCUT2D eigenvalue weighted by atomic mass is 10.4. The number of aliphatic hydroxyl groups excluding tert-OH is 1. The minimum absolute atomic E-state index is 0.817. The third-order valence-corrected chi connectivity index (χ3v) is 1.14. The standard InChI is InChI=1S/C6H10O7/c1-12-6(5(10)11)13-3(2-7)4(8)9/h3,6-7H,2H2,1H3,(H,8,9)(H,10,11)/t3-,6+/m1/s1. The zero-order valence-electron chi connectivity index (χ0n) is 6.84. The zero-order chi connectivity index (χ0) is 10.4. The van der Waals surface area contributed by atoms with Crippen LogP contribution in [0, 0.1) is 0 Å². The van der Waals surface area contributed by atoms with E-state index in [4.69, 9.17) is 15.3 Å². The van der Waals surface area contributed by atoms with Gasteiger partial charge in [0, 0.05) is 7.11 Å². The Balaban J connectivity index is 4.19. The molecule has 3 N–H and O–H groups in total. The molecule has 0 saturated carbocycles. The van der Waals surface area contributed by atoms with Gasteiger partial charge in [0.2, 0.25) is 0 Å². The van der Waals surface area contributed by atoms with E-state index >= 15 is 0 Å². The van der Waals surface area contributed by atoms with Gasteiger partial charge in [-0.2, -0.15) is 0 Å². The minimum Gasteiger partial charge on any atom is -0.479 e. The molecule has 0 heterocycles. The fourth-order valence-corrected chi connectivity index (χ4v) is 0.543. The maximum absolute atomic E-state index is 10.3. The summed E-state index contributed by atoms with van der Waals surface area (Å²) in [6, 6.07) is 0. The summed E-state index contributed by atoms with van der Waals surface area (Å²) in [5.41, 5.74) is 0. The van der Waals surface area contributed by atoms with Crippen LogP contribution < -0.4 is 0 Å². The zero-order valence-corrected chi connectivity index (χ0v) is 6.84. The van der Waals surface area contributed by atoms with Crippen molar-refractivity contribution in [2.45, 2.75) is 12.4 Å². The average molecular weight is 194 g/mol. The van der Waals surface area contributed by atoms with E-state index in [1.54, 1.807) is 0 Å². The molecule has 0 aromatic rings. The lowest BCUT2D eigenvalue weighted by Crippen LogP contribution is -2.37. The summed E-state index contributed by atoms with van der Waals surface area (Å²) >= 11 is 0. The van der Waals surface area contributed by atoms with Gasteiger partial charge in [0.15, 0.2) is 6.10 Å². The molecule has 0 amide bonds. The van der Waals surface area contributed by atoms with Crippen LogP contribution in [-0.2, 0) is 19.1 Å². The van der Waals surface area contributed by atoms with Crippen LogP contribution >= 0.6 is 0 Å². The van der Waals surface area contributed by atoms with Gasteiger partial charge in [-0.05, 0) is 0 Å². The third-order valence-electron chi connectivity index (χ3n) is 1.14. The van der Waals surface area contributed by atoms with Crippen molar-refractivity contribution in [1.82, 2.24) is 0 Å². The lowest BCUT2D eigenvalue weighted by molar-refractivity contribution is -0.203. The van der Waals surface area contributed by atoms with Gasteiger partial charge in [0.05, 0.1) is 6.61 Å². The van der Waals surface area contributed by atoms with Crippen molar-refractivity contribution >= 4 is 11.9 Å². The maximum Gasteiger partial charge on any atom is 0.361 e. The lowest BCUT2D eigenvalue weighted by Gasteiger charge is -2.15. The van der Waals surface area contributed by atoms with E-state index in [2.05, 4.69) is 9.47 Å². The number of carboxylic acid groups (broad SMARTS) is 2. The minimum atomic E-state index is -1.69. The molecule has 2 atom stereocenters. The Bertz CT molecular complexity index is 169. The normalized spacial score (nSPS) is 14.9. The van der Waals surface area contributed by atoms with Crippen LogP contribution in [0.3, 0.4) is 0 Å². The van der Waals surface area contributed by atoms with Crippen LogP contribution in [0.2, 0.25) is 0 Å². The molecule has 0 aromatic heterocycles. The molecule has 0 unspecified atom stereocenters. The number of methoxy groups -OCH3 is 1. The van der Waals surface area contributed by atoms with Gasteiger partial charge >= 0.3 is 11.9 Å². The van der Waals surface area contributed by atoms with Crippen LogP contribution in [0.4, 0.5) is 0 Å². The third kappa shape index (κ3) is 3.83. The van der Waals surface area contributed by atoms with Crippen LogP contribution in [-0.4, -0.2) is 53.4 Å². The van der Waals surface area contributed by atoms with E-state index in [-0.39, 0.29) is 0 Å². The number of carbonyl (C=O) groups is 2. The predicted octanol–water partition coefficient (Wildman–Crippen LogP) is -1.49. The Labute approximate surface area is 73.5 Å². The first-order valence-electron chi connectivity index (χ1n) is 3.27. The molecule has 0 radical (unpaired) electrons. The monoisotopic (exact) mass is 194 g/mol. The van der Waals surface area contributed by atoms with Crippen molar-refractivity contribution in [3.8, 4) is 0 Å². The molecule has 0 aliphatic heterocycles. The van der Waals surface area contributed by atoms with Crippen LogP contribution in [0.25, 0.3) is 0 Å². The first-order chi connectivity index (χ1) is 6.02. The largest absolute Gasteiger partial charge is 0.479 e. The quantitative estimate of drug-likeness (QED) is 0.441. The fraction of sp³-hybridized carbons (Fsp3) is 0.667. The van der Waals surface area contributed by atoms with E-state index in [1.807, 2.05) is 0 Å². The average Bonchev–Trinajstić information content (AvgIpc) is 2.05. The first kappa shape index (κ1) is 11.8. The molecule has 0 fully saturated rings. The molecule has 0 bridgehead atoms. The van der Waals surface area contributed by atoms with Gasteiger partial charge < -0.3 is 24.8 Å². The van der Waals surface area contributed by atoms with Gasteiger partial charge in [0.1, 0.15) is 0 Å². The summed E-state index contributed by atoms with van der Waals surface area (Å²) in [6.07, 6.45) is -3.28. The summed E-state index contributed by atoms with van der Waals surface area (Å²) in [5.74, 6) is -2.91. The smallest absolute Gasteiger partial charge is 0.361 e. The van der Waals surface area contributed by atoms with Gasteiger partial charge in [-0.3, -0.25) is 0 Å². The van der Waals surface area contributed by atoms with Crippen LogP contribution in [0.1, 0.15) is 0 Å².